The molecule has 0 atom stereocenters. The molecule has 3 heterocycles. The van der Waals surface area contributed by atoms with Crippen LogP contribution in [-0.4, -0.2) is 55.5 Å². The first-order chi connectivity index (χ1) is 19.7. The lowest BCUT2D eigenvalue weighted by atomic mass is 9.80. The van der Waals surface area contributed by atoms with Crippen LogP contribution in [0.1, 0.15) is 47.8 Å². The van der Waals surface area contributed by atoms with Crippen molar-refractivity contribution in [1.82, 2.24) is 35.2 Å². The molecule has 1 aliphatic carbocycles. The van der Waals surface area contributed by atoms with E-state index in [9.17, 15) is 22.8 Å². The van der Waals surface area contributed by atoms with Gasteiger partial charge in [0.1, 0.15) is 0 Å². The van der Waals surface area contributed by atoms with Gasteiger partial charge in [-0.2, -0.15) is 18.3 Å². The number of rotatable bonds is 10. The van der Waals surface area contributed by atoms with Crippen LogP contribution in [0.15, 0.2) is 43.0 Å². The van der Waals surface area contributed by atoms with Gasteiger partial charge in [-0.15, -0.1) is 0 Å². The van der Waals surface area contributed by atoms with E-state index >= 15 is 0 Å². The largest absolute Gasteiger partial charge is 0.435 e. The summed E-state index contributed by atoms with van der Waals surface area (Å²) in [5.41, 5.74) is 7.06. The SMILES string of the molecule is CCc1cc(Nc2nccn3c(-c4c[nH]nc4C(F)(F)F)cnc23)ccc1C(=O)NCCCNC(=O)[C@H]1C[C@@H](N)C1. The van der Waals surface area contributed by atoms with Gasteiger partial charge < -0.3 is 21.7 Å². The van der Waals surface area contributed by atoms with Crippen molar-refractivity contribution < 1.29 is 22.8 Å². The number of H-pyrrole nitrogens is 1. The molecule has 0 radical (unpaired) electrons. The summed E-state index contributed by atoms with van der Waals surface area (Å²) in [7, 11) is 0. The summed E-state index contributed by atoms with van der Waals surface area (Å²) in [4.78, 5) is 33.4. The summed E-state index contributed by atoms with van der Waals surface area (Å²) in [6.45, 7) is 2.81. The van der Waals surface area contributed by atoms with Gasteiger partial charge in [0.2, 0.25) is 5.91 Å². The fourth-order valence-corrected chi connectivity index (χ4v) is 4.85. The summed E-state index contributed by atoms with van der Waals surface area (Å²) in [6.07, 6.45) is 3.49. The predicted molar refractivity (Wildman–Crippen MR) is 145 cm³/mol. The Morgan fingerprint density at radius 1 is 1.17 bits per heavy atom. The second kappa shape index (κ2) is 11.6. The van der Waals surface area contributed by atoms with Crippen molar-refractivity contribution in [2.75, 3.05) is 18.4 Å². The van der Waals surface area contributed by atoms with Crippen molar-refractivity contribution in [3.8, 4) is 11.3 Å². The number of aromatic nitrogens is 5. The zero-order chi connectivity index (χ0) is 29.1. The van der Waals surface area contributed by atoms with Gasteiger partial charge in [0.05, 0.1) is 17.5 Å². The van der Waals surface area contributed by atoms with Crippen molar-refractivity contribution in [1.29, 1.82) is 0 Å². The Labute approximate surface area is 233 Å². The number of carbonyl (C=O) groups is 2. The maximum atomic E-state index is 13.4. The number of fused-ring (bicyclic) bond motifs is 1. The topological polar surface area (TPSA) is 155 Å². The normalized spacial score (nSPS) is 16.8. The molecular weight excluding hydrogens is 539 g/mol. The molecule has 6 N–H and O–H groups in total. The lowest BCUT2D eigenvalue weighted by molar-refractivity contribution is -0.140. The Morgan fingerprint density at radius 2 is 1.95 bits per heavy atom. The maximum Gasteiger partial charge on any atom is 0.435 e. The van der Waals surface area contributed by atoms with E-state index in [4.69, 9.17) is 5.73 Å². The summed E-state index contributed by atoms with van der Waals surface area (Å²) < 4.78 is 41.7. The second-order valence-corrected chi connectivity index (χ2v) is 9.94. The van der Waals surface area contributed by atoms with Gasteiger partial charge in [0.25, 0.3) is 5.91 Å². The Bertz CT molecular complexity index is 1560. The monoisotopic (exact) mass is 569 g/mol. The second-order valence-electron chi connectivity index (χ2n) is 9.94. The molecule has 1 saturated carbocycles. The van der Waals surface area contributed by atoms with E-state index in [0.717, 1.165) is 18.4 Å². The molecule has 2 amide bonds. The van der Waals surface area contributed by atoms with E-state index in [-0.39, 0.29) is 35.0 Å². The minimum Gasteiger partial charge on any atom is -0.356 e. The van der Waals surface area contributed by atoms with Crippen LogP contribution in [0.5, 0.6) is 0 Å². The predicted octanol–water partition coefficient (Wildman–Crippen LogP) is 3.42. The van der Waals surface area contributed by atoms with E-state index < -0.39 is 11.9 Å². The van der Waals surface area contributed by atoms with E-state index in [1.165, 1.54) is 29.2 Å². The highest BCUT2D eigenvalue weighted by atomic mass is 19.4. The molecule has 14 heteroatoms. The molecule has 216 valence electrons. The number of aromatic amines is 1. The first-order valence-corrected chi connectivity index (χ1v) is 13.3. The summed E-state index contributed by atoms with van der Waals surface area (Å²) in [6, 6.07) is 5.37. The van der Waals surface area contributed by atoms with Gasteiger partial charge in [-0.05, 0) is 49.4 Å². The molecule has 0 aliphatic heterocycles. The Hall–Kier alpha value is -4.46. The van der Waals surface area contributed by atoms with Gasteiger partial charge in [-0.1, -0.05) is 6.92 Å². The van der Waals surface area contributed by atoms with Crippen LogP contribution in [0.4, 0.5) is 24.7 Å². The number of amides is 2. The van der Waals surface area contributed by atoms with Crippen LogP contribution in [-0.2, 0) is 17.4 Å². The molecule has 5 rings (SSSR count). The molecule has 0 spiro atoms. The van der Waals surface area contributed by atoms with Gasteiger partial charge in [-0.3, -0.25) is 19.1 Å². The van der Waals surface area contributed by atoms with E-state index in [2.05, 4.69) is 36.1 Å². The lowest BCUT2D eigenvalue weighted by Crippen LogP contribution is -2.45. The molecule has 0 saturated heterocycles. The first kappa shape index (κ1) is 28.1. The summed E-state index contributed by atoms with van der Waals surface area (Å²) in [5, 5.41) is 14.6. The van der Waals surface area contributed by atoms with Gasteiger partial charge in [-0.25, -0.2) is 9.97 Å². The van der Waals surface area contributed by atoms with Gasteiger partial charge in [0, 0.05) is 54.9 Å². The number of carbonyl (C=O) groups excluding carboxylic acids is 2. The molecule has 1 aromatic carbocycles. The van der Waals surface area contributed by atoms with Crippen molar-refractivity contribution >= 4 is 29.0 Å². The Balaban J connectivity index is 1.23. The van der Waals surface area contributed by atoms with Crippen LogP contribution in [0.25, 0.3) is 16.9 Å². The maximum absolute atomic E-state index is 13.4. The first-order valence-electron chi connectivity index (χ1n) is 13.3. The number of nitrogens with zero attached hydrogens (tertiary/aromatic N) is 4. The average Bonchev–Trinajstić information content (AvgIpc) is 3.58. The standard InChI is InChI=1S/C27H30F3N9O2/c1-2-15-12-18(4-5-19(15)26(41)34-7-3-6-33-25(40)16-10-17(31)11-16)37-23-24-35-14-21(39(24)9-8-32-23)20-13-36-38-22(20)27(28,29)30/h4-5,8-9,12-14,16-17H,2-3,6-7,10-11,31H2,1H3,(H,32,37)(H,33,40)(H,34,41)(H,36,38)/t16-,17+. The number of hydrogen-bond acceptors (Lipinski definition) is 7. The summed E-state index contributed by atoms with van der Waals surface area (Å²) >= 11 is 0. The smallest absolute Gasteiger partial charge is 0.356 e. The van der Waals surface area contributed by atoms with E-state index in [1.807, 2.05) is 13.0 Å². The van der Waals surface area contributed by atoms with Gasteiger partial charge in [0.15, 0.2) is 17.2 Å². The fraction of sp³-hybridized carbons (Fsp3) is 0.370. The molecule has 3 aromatic heterocycles. The molecular formula is C27H30F3N9O2. The molecule has 4 aromatic rings. The van der Waals surface area contributed by atoms with E-state index in [1.54, 1.807) is 12.1 Å². The van der Waals surface area contributed by atoms with Crippen LogP contribution < -0.4 is 21.7 Å². The molecule has 1 aliphatic rings. The Kier molecular flexibility index (Phi) is 7.92. The van der Waals surface area contributed by atoms with Crippen LogP contribution in [0, 0.1) is 5.92 Å². The number of nitrogens with one attached hydrogen (secondary N) is 4. The molecule has 0 unspecified atom stereocenters. The van der Waals surface area contributed by atoms with Crippen molar-refractivity contribution in [3.63, 3.8) is 0 Å². The summed E-state index contributed by atoms with van der Waals surface area (Å²) in [5.74, 6) is 0.123. The average molecular weight is 570 g/mol. The number of hydrogen-bond donors (Lipinski definition) is 5. The number of anilines is 2. The third kappa shape index (κ3) is 6.01. The lowest BCUT2D eigenvalue weighted by Gasteiger charge is -2.31. The minimum absolute atomic E-state index is 0.00441. The van der Waals surface area contributed by atoms with Crippen LogP contribution in [0.2, 0.25) is 0 Å². The zero-order valence-electron chi connectivity index (χ0n) is 22.3. The molecule has 1 fully saturated rings. The zero-order valence-corrected chi connectivity index (χ0v) is 22.3. The Morgan fingerprint density at radius 3 is 2.68 bits per heavy atom. The quantitative estimate of drug-likeness (QED) is 0.183. The van der Waals surface area contributed by atoms with Crippen molar-refractivity contribution in [3.05, 3.63) is 59.8 Å². The molecule has 41 heavy (non-hydrogen) atoms. The van der Waals surface area contributed by atoms with Gasteiger partial charge >= 0.3 is 6.18 Å². The number of benzene rings is 1. The molecule has 11 nitrogen and oxygen atoms in total. The fourth-order valence-electron chi connectivity index (χ4n) is 4.85. The molecule has 0 bridgehead atoms. The van der Waals surface area contributed by atoms with Crippen LogP contribution in [0.3, 0.4) is 0 Å². The highest BCUT2D eigenvalue weighted by Crippen LogP contribution is 2.36. The van der Waals surface area contributed by atoms with E-state index in [0.29, 0.717) is 48.6 Å². The number of alkyl halides is 3. The van der Waals surface area contributed by atoms with Crippen molar-refractivity contribution in [2.45, 2.75) is 44.8 Å². The van der Waals surface area contributed by atoms with Crippen LogP contribution >= 0.6 is 0 Å². The highest BCUT2D eigenvalue weighted by molar-refractivity contribution is 5.96. The number of nitrogens with two attached hydrogens (primary N) is 1. The third-order valence-electron chi connectivity index (χ3n) is 7.09. The highest BCUT2D eigenvalue weighted by Gasteiger charge is 2.37. The number of aryl methyl sites for hydroxylation is 1. The number of halogens is 3. The third-order valence-corrected chi connectivity index (χ3v) is 7.09. The number of imidazole rings is 1. The van der Waals surface area contributed by atoms with Crippen molar-refractivity contribution in [2.24, 2.45) is 11.7 Å². The minimum atomic E-state index is -4.63.